The third-order valence-corrected chi connectivity index (χ3v) is 9.09. The standard InChI is InChI=1S/C24H50N4OS4/c1-7-26-17-22(31)27(20-26)19-24(5,6)11-15-33-13-9-12-32-14-10-23(3,4)18-25-21(30)16-28(29)8-2/h22,29,31H,7-20H2,1-6H3,(H,25,30). The average molecular weight is 539 g/mol. The summed E-state index contributed by atoms with van der Waals surface area (Å²) in [6.07, 6.45) is 3.73. The van der Waals surface area contributed by atoms with Crippen LogP contribution in [0.2, 0.25) is 0 Å². The van der Waals surface area contributed by atoms with Crippen LogP contribution >= 0.6 is 48.4 Å². The highest BCUT2D eigenvalue weighted by Gasteiger charge is 2.31. The molecule has 1 heterocycles. The quantitative estimate of drug-likeness (QED) is 0.0958. The van der Waals surface area contributed by atoms with Crippen molar-refractivity contribution in [2.75, 3.05) is 68.9 Å². The summed E-state index contributed by atoms with van der Waals surface area (Å²) in [4.78, 5) is 5.73. The van der Waals surface area contributed by atoms with Gasteiger partial charge in [0.1, 0.15) is 0 Å². The van der Waals surface area contributed by atoms with Crippen molar-refractivity contribution in [2.45, 2.75) is 66.2 Å². The topological polar surface area (TPSA) is 42.0 Å². The van der Waals surface area contributed by atoms with Gasteiger partial charge in [-0.3, -0.25) is 9.80 Å². The largest absolute Gasteiger partial charge is 0.378 e. The lowest BCUT2D eigenvalue weighted by Crippen LogP contribution is -2.39. The van der Waals surface area contributed by atoms with E-state index in [4.69, 9.17) is 24.8 Å². The van der Waals surface area contributed by atoms with E-state index in [9.17, 15) is 5.21 Å². The summed E-state index contributed by atoms with van der Waals surface area (Å²) in [5, 5.41) is 14.5. The van der Waals surface area contributed by atoms with Crippen molar-refractivity contribution in [1.82, 2.24) is 20.2 Å². The number of likely N-dealkylation sites (N-methyl/N-ethyl adjacent to an activating group) is 2. The molecule has 1 aliphatic rings. The summed E-state index contributed by atoms with van der Waals surface area (Å²) in [7, 11) is 0. The van der Waals surface area contributed by atoms with Crippen molar-refractivity contribution < 1.29 is 5.21 Å². The molecule has 33 heavy (non-hydrogen) atoms. The molecule has 1 fully saturated rings. The lowest BCUT2D eigenvalue weighted by atomic mass is 9.90. The minimum Gasteiger partial charge on any atom is -0.378 e. The minimum absolute atomic E-state index is 0.208. The normalized spacial score (nSPS) is 18.4. The Hall–Kier alpha value is 0.780. The molecule has 0 spiro atoms. The molecule has 2 N–H and O–H groups in total. The zero-order valence-electron chi connectivity index (χ0n) is 21.9. The molecule has 196 valence electrons. The van der Waals surface area contributed by atoms with Crippen molar-refractivity contribution in [2.24, 2.45) is 10.8 Å². The molecule has 0 aliphatic carbocycles. The molecule has 0 aromatic carbocycles. The first kappa shape index (κ1) is 31.8. The van der Waals surface area contributed by atoms with Gasteiger partial charge in [0, 0.05) is 26.2 Å². The van der Waals surface area contributed by atoms with Gasteiger partial charge >= 0.3 is 0 Å². The van der Waals surface area contributed by atoms with Crippen LogP contribution in [0.3, 0.4) is 0 Å². The highest BCUT2D eigenvalue weighted by atomic mass is 32.2. The van der Waals surface area contributed by atoms with Crippen LogP contribution < -0.4 is 5.32 Å². The molecule has 0 saturated carbocycles. The van der Waals surface area contributed by atoms with E-state index in [1.807, 2.05) is 6.92 Å². The molecule has 9 heteroatoms. The third kappa shape index (κ3) is 14.8. The van der Waals surface area contributed by atoms with Crippen LogP contribution in [0.5, 0.6) is 0 Å². The fraction of sp³-hybridized carbons (Fsp3) is 0.958. The Morgan fingerprint density at radius 1 is 1.09 bits per heavy atom. The number of hydroxylamine groups is 2. The van der Waals surface area contributed by atoms with Crippen LogP contribution in [0, 0.1) is 10.8 Å². The predicted molar refractivity (Wildman–Crippen MR) is 157 cm³/mol. The van der Waals surface area contributed by atoms with E-state index in [0.29, 0.717) is 28.9 Å². The number of hydrogen-bond donors (Lipinski definition) is 3. The smallest absolute Gasteiger partial charge is 0.0920 e. The molecule has 0 radical (unpaired) electrons. The molecule has 1 unspecified atom stereocenters. The van der Waals surface area contributed by atoms with Gasteiger partial charge in [0.15, 0.2) is 0 Å². The Morgan fingerprint density at radius 3 is 2.24 bits per heavy atom. The molecule has 0 aromatic heterocycles. The number of hydrogen-bond acceptors (Lipinski definition) is 8. The van der Waals surface area contributed by atoms with Crippen LogP contribution in [0.4, 0.5) is 0 Å². The number of rotatable bonds is 18. The van der Waals surface area contributed by atoms with E-state index >= 15 is 0 Å². The van der Waals surface area contributed by atoms with Gasteiger partial charge in [-0.05, 0) is 59.6 Å². The fourth-order valence-corrected chi connectivity index (χ4v) is 6.98. The van der Waals surface area contributed by atoms with Gasteiger partial charge in [0.05, 0.1) is 23.6 Å². The Morgan fingerprint density at radius 2 is 1.70 bits per heavy atom. The van der Waals surface area contributed by atoms with E-state index in [1.165, 1.54) is 47.3 Å². The number of thiol groups is 1. The summed E-state index contributed by atoms with van der Waals surface area (Å²) in [5.41, 5.74) is 0.555. The zero-order valence-corrected chi connectivity index (χ0v) is 25.3. The molecular weight excluding hydrogens is 489 g/mol. The summed E-state index contributed by atoms with van der Waals surface area (Å²) >= 11 is 14.3. The van der Waals surface area contributed by atoms with Crippen LogP contribution in [-0.4, -0.2) is 99.4 Å². The van der Waals surface area contributed by atoms with Crippen LogP contribution in [0.1, 0.15) is 60.8 Å². The molecule has 5 nitrogen and oxygen atoms in total. The minimum atomic E-state index is 0.208. The second-order valence-electron chi connectivity index (χ2n) is 10.7. The van der Waals surface area contributed by atoms with Crippen molar-refractivity contribution in [3.63, 3.8) is 0 Å². The van der Waals surface area contributed by atoms with Crippen molar-refractivity contribution in [3.05, 3.63) is 0 Å². The molecule has 1 aliphatic heterocycles. The van der Waals surface area contributed by atoms with Crippen molar-refractivity contribution >= 4 is 53.4 Å². The molecule has 0 bridgehead atoms. The van der Waals surface area contributed by atoms with Gasteiger partial charge in [0.2, 0.25) is 0 Å². The highest BCUT2D eigenvalue weighted by Crippen LogP contribution is 2.28. The summed E-state index contributed by atoms with van der Waals surface area (Å²) < 4.78 is 0. The summed E-state index contributed by atoms with van der Waals surface area (Å²) in [6.45, 7) is 19.8. The van der Waals surface area contributed by atoms with E-state index in [2.05, 4.69) is 73.3 Å². The van der Waals surface area contributed by atoms with Gasteiger partial charge < -0.3 is 10.5 Å². The van der Waals surface area contributed by atoms with Crippen molar-refractivity contribution in [1.29, 1.82) is 0 Å². The second kappa shape index (κ2) is 16.5. The number of nitrogens with one attached hydrogen (secondary N) is 1. The van der Waals surface area contributed by atoms with E-state index in [1.54, 1.807) is 0 Å². The van der Waals surface area contributed by atoms with Gasteiger partial charge in [-0.1, -0.05) is 53.8 Å². The third-order valence-electron chi connectivity index (χ3n) is 6.18. The number of thioether (sulfide) groups is 2. The SMILES string of the molecule is CCN(O)CC(=S)NCC(C)(C)CCSCCCSCCC(C)(C)CN1CN(CC)CC1S. The summed E-state index contributed by atoms with van der Waals surface area (Å²) in [5.74, 6) is 4.95. The first-order chi connectivity index (χ1) is 15.5. The first-order valence-electron chi connectivity index (χ1n) is 12.5. The van der Waals surface area contributed by atoms with Crippen LogP contribution in [0.25, 0.3) is 0 Å². The van der Waals surface area contributed by atoms with E-state index < -0.39 is 0 Å². The predicted octanol–water partition coefficient (Wildman–Crippen LogP) is 5.15. The van der Waals surface area contributed by atoms with Gasteiger partial charge in [-0.2, -0.15) is 41.2 Å². The Balaban J connectivity index is 2.05. The maximum Gasteiger partial charge on any atom is 0.0920 e. The number of thiocarbonyl (C=S) groups is 1. The maximum absolute atomic E-state index is 9.55. The zero-order chi connectivity index (χ0) is 24.9. The maximum atomic E-state index is 9.55. The number of nitrogens with zero attached hydrogens (tertiary/aromatic N) is 3. The Kier molecular flexibility index (Phi) is 15.9. The molecule has 0 amide bonds. The summed E-state index contributed by atoms with van der Waals surface area (Å²) in [6, 6.07) is 0. The Labute approximate surface area is 223 Å². The monoisotopic (exact) mass is 538 g/mol. The van der Waals surface area contributed by atoms with Gasteiger partial charge in [0.25, 0.3) is 0 Å². The van der Waals surface area contributed by atoms with Crippen LogP contribution in [0.15, 0.2) is 0 Å². The van der Waals surface area contributed by atoms with E-state index in [0.717, 1.165) is 32.8 Å². The molecule has 1 saturated heterocycles. The van der Waals surface area contributed by atoms with Crippen LogP contribution in [-0.2, 0) is 0 Å². The van der Waals surface area contributed by atoms with E-state index in [-0.39, 0.29) is 5.41 Å². The first-order valence-corrected chi connectivity index (χ1v) is 15.7. The van der Waals surface area contributed by atoms with Crippen molar-refractivity contribution in [3.8, 4) is 0 Å². The average Bonchev–Trinajstić information content (AvgIpc) is 3.09. The molecule has 1 rings (SSSR count). The lowest BCUT2D eigenvalue weighted by molar-refractivity contribution is -0.0714. The lowest BCUT2D eigenvalue weighted by Gasteiger charge is -2.32. The molecular formula is C24H50N4OS4. The second-order valence-corrected chi connectivity index (χ2v) is 14.2. The van der Waals surface area contributed by atoms with Gasteiger partial charge in [-0.25, -0.2) is 0 Å². The van der Waals surface area contributed by atoms with Gasteiger partial charge in [-0.15, -0.1) is 0 Å². The molecule has 1 atom stereocenters. The Bertz CT molecular complexity index is 551. The molecule has 0 aromatic rings. The fourth-order valence-electron chi connectivity index (χ4n) is 3.69. The highest BCUT2D eigenvalue weighted by molar-refractivity contribution is 8.00.